The highest BCUT2D eigenvalue weighted by molar-refractivity contribution is 7.86. The van der Waals surface area contributed by atoms with Gasteiger partial charge in [0.15, 0.2) is 5.82 Å². The Morgan fingerprint density at radius 3 is 2.42 bits per heavy atom. The van der Waals surface area contributed by atoms with Crippen LogP contribution >= 0.6 is 0 Å². The molecule has 0 N–H and O–H groups in total. The van der Waals surface area contributed by atoms with Gasteiger partial charge in [-0.15, -0.1) is 0 Å². The molecule has 0 amide bonds. The van der Waals surface area contributed by atoms with E-state index in [2.05, 4.69) is 22.1 Å². The molecule has 5 rings (SSSR count). The third kappa shape index (κ3) is 4.03. The molecule has 10 heteroatoms. The average molecular weight is 448 g/mol. The first-order valence-corrected chi connectivity index (χ1v) is 12.3. The summed E-state index contributed by atoms with van der Waals surface area (Å²) in [6.07, 6.45) is 2.62. The van der Waals surface area contributed by atoms with E-state index in [1.165, 1.54) is 0 Å². The van der Waals surface area contributed by atoms with Crippen molar-refractivity contribution in [3.63, 3.8) is 0 Å². The minimum atomic E-state index is -3.40. The number of hydrogen-bond donors (Lipinski definition) is 0. The van der Waals surface area contributed by atoms with Crippen LogP contribution in [0.25, 0.3) is 11.5 Å². The van der Waals surface area contributed by atoms with Crippen molar-refractivity contribution in [2.45, 2.75) is 25.3 Å². The maximum atomic E-state index is 13.0. The van der Waals surface area contributed by atoms with Gasteiger partial charge < -0.3 is 9.26 Å². The second kappa shape index (κ2) is 8.25. The van der Waals surface area contributed by atoms with E-state index in [0.29, 0.717) is 51.1 Å². The van der Waals surface area contributed by atoms with Gasteiger partial charge in [0.25, 0.3) is 16.1 Å². The van der Waals surface area contributed by atoms with Crippen molar-refractivity contribution in [3.8, 4) is 11.5 Å². The predicted octanol–water partition coefficient (Wildman–Crippen LogP) is 1.77. The second-order valence-electron chi connectivity index (χ2n) is 8.88. The smallest absolute Gasteiger partial charge is 0.282 e. The molecule has 0 radical (unpaired) electrons. The summed E-state index contributed by atoms with van der Waals surface area (Å²) in [5.41, 5.74) is 1.00. The molecule has 1 aromatic carbocycles. The monoisotopic (exact) mass is 447 g/mol. The first kappa shape index (κ1) is 21.0. The summed E-state index contributed by atoms with van der Waals surface area (Å²) in [5.74, 6) is 1.25. The van der Waals surface area contributed by atoms with Gasteiger partial charge in [0.05, 0.1) is 19.3 Å². The van der Waals surface area contributed by atoms with Gasteiger partial charge in [0, 0.05) is 38.3 Å². The Balaban J connectivity index is 1.25. The Hall–Kier alpha value is -1.85. The van der Waals surface area contributed by atoms with E-state index in [0.717, 1.165) is 31.4 Å². The Bertz CT molecular complexity index is 998. The zero-order valence-corrected chi connectivity index (χ0v) is 18.6. The normalized spacial score (nSPS) is 25.9. The number of piperidine rings is 1. The van der Waals surface area contributed by atoms with Crippen molar-refractivity contribution in [1.29, 1.82) is 0 Å². The van der Waals surface area contributed by atoms with Crippen molar-refractivity contribution in [3.05, 3.63) is 36.2 Å². The topological polar surface area (TPSA) is 92.0 Å². The Kier molecular flexibility index (Phi) is 5.59. The van der Waals surface area contributed by atoms with Crippen molar-refractivity contribution in [1.82, 2.24) is 23.7 Å². The minimum absolute atomic E-state index is 0.0867. The molecular weight excluding hydrogens is 418 g/mol. The van der Waals surface area contributed by atoms with E-state index in [9.17, 15) is 8.42 Å². The van der Waals surface area contributed by atoms with Crippen molar-refractivity contribution < 1.29 is 17.7 Å². The lowest BCUT2D eigenvalue weighted by Gasteiger charge is -2.40. The van der Waals surface area contributed by atoms with Crippen LogP contribution in [0, 0.1) is 5.41 Å². The molecule has 1 spiro atoms. The van der Waals surface area contributed by atoms with E-state index >= 15 is 0 Å². The molecule has 4 heterocycles. The molecule has 31 heavy (non-hydrogen) atoms. The molecule has 1 aromatic heterocycles. The molecule has 3 aliphatic heterocycles. The van der Waals surface area contributed by atoms with Crippen LogP contribution in [-0.2, 0) is 14.9 Å². The van der Waals surface area contributed by atoms with Crippen LogP contribution in [0.3, 0.4) is 0 Å². The molecule has 168 valence electrons. The van der Waals surface area contributed by atoms with E-state index < -0.39 is 10.2 Å². The van der Waals surface area contributed by atoms with Crippen LogP contribution in [0.1, 0.15) is 31.1 Å². The molecular formula is C21H29N5O4S. The fraction of sp³-hybridized carbons (Fsp3) is 0.619. The van der Waals surface area contributed by atoms with Gasteiger partial charge >= 0.3 is 0 Å². The van der Waals surface area contributed by atoms with E-state index in [1.807, 2.05) is 30.3 Å². The lowest BCUT2D eigenvalue weighted by Crippen LogP contribution is -2.52. The summed E-state index contributed by atoms with van der Waals surface area (Å²) >= 11 is 0. The number of nitrogens with zero attached hydrogens (tertiary/aromatic N) is 5. The standard InChI is InChI=1S/C21H29N5O4S/c1-24-16-21(7-9-25(10-8-21)31(27,28)26-11-13-29-14-12-26)15-18(24)19-22-20(30-23-19)17-5-3-2-4-6-17/h2-6,18H,7-16H2,1H3. The van der Waals surface area contributed by atoms with Crippen LogP contribution in [0.15, 0.2) is 34.9 Å². The highest BCUT2D eigenvalue weighted by Crippen LogP contribution is 2.48. The summed E-state index contributed by atoms with van der Waals surface area (Å²) in [5, 5.41) is 4.27. The van der Waals surface area contributed by atoms with Crippen LogP contribution in [0.2, 0.25) is 0 Å². The van der Waals surface area contributed by atoms with Crippen LogP contribution in [0.4, 0.5) is 0 Å². The van der Waals surface area contributed by atoms with Crippen molar-refractivity contribution in [2.75, 3.05) is 53.0 Å². The van der Waals surface area contributed by atoms with Crippen LogP contribution in [-0.4, -0.2) is 85.1 Å². The molecule has 1 unspecified atom stereocenters. The number of benzene rings is 1. The summed E-state index contributed by atoms with van der Waals surface area (Å²) in [7, 11) is -1.31. The molecule has 1 atom stereocenters. The Morgan fingerprint density at radius 2 is 1.71 bits per heavy atom. The van der Waals surface area contributed by atoms with Gasteiger partial charge in [0.2, 0.25) is 0 Å². The Morgan fingerprint density at radius 1 is 1.03 bits per heavy atom. The highest BCUT2D eigenvalue weighted by atomic mass is 32.2. The number of ether oxygens (including phenoxy) is 1. The Labute approximate surface area is 183 Å². The van der Waals surface area contributed by atoms with Gasteiger partial charge in [-0.05, 0) is 43.9 Å². The maximum absolute atomic E-state index is 13.0. The lowest BCUT2D eigenvalue weighted by atomic mass is 9.77. The molecule has 0 bridgehead atoms. The van der Waals surface area contributed by atoms with Gasteiger partial charge in [-0.1, -0.05) is 23.4 Å². The SMILES string of the molecule is CN1CC2(CCN(S(=O)(=O)N3CCOCC3)CC2)CC1c1noc(-c2ccccc2)n1. The van der Waals surface area contributed by atoms with Gasteiger partial charge in [-0.2, -0.15) is 22.0 Å². The predicted molar refractivity (Wildman–Crippen MR) is 114 cm³/mol. The van der Waals surface area contributed by atoms with Gasteiger partial charge in [-0.3, -0.25) is 4.90 Å². The van der Waals surface area contributed by atoms with Crippen molar-refractivity contribution >= 4 is 10.2 Å². The quantitative estimate of drug-likeness (QED) is 0.705. The molecule has 9 nitrogen and oxygen atoms in total. The van der Waals surface area contributed by atoms with Crippen LogP contribution in [0.5, 0.6) is 0 Å². The maximum Gasteiger partial charge on any atom is 0.282 e. The third-order valence-corrected chi connectivity index (χ3v) is 8.94. The summed E-state index contributed by atoms with van der Waals surface area (Å²) in [6, 6.07) is 9.87. The lowest BCUT2D eigenvalue weighted by molar-refractivity contribution is 0.0677. The van der Waals surface area contributed by atoms with E-state index in [-0.39, 0.29) is 11.5 Å². The van der Waals surface area contributed by atoms with Crippen LogP contribution < -0.4 is 0 Å². The third-order valence-electron chi connectivity index (χ3n) is 6.91. The van der Waals surface area contributed by atoms with Crippen molar-refractivity contribution in [2.24, 2.45) is 5.41 Å². The number of morpholine rings is 1. The second-order valence-corrected chi connectivity index (χ2v) is 10.8. The summed E-state index contributed by atoms with van der Waals surface area (Å²) in [6.45, 7) is 3.85. The number of hydrogen-bond acceptors (Lipinski definition) is 7. The van der Waals surface area contributed by atoms with E-state index in [1.54, 1.807) is 8.61 Å². The molecule has 2 aromatic rings. The minimum Gasteiger partial charge on any atom is -0.379 e. The largest absolute Gasteiger partial charge is 0.379 e. The highest BCUT2D eigenvalue weighted by Gasteiger charge is 2.48. The number of likely N-dealkylation sites (tertiary alicyclic amines) is 1. The molecule has 3 fully saturated rings. The molecule has 3 aliphatic rings. The fourth-order valence-corrected chi connectivity index (χ4v) is 6.70. The first-order chi connectivity index (χ1) is 15.0. The average Bonchev–Trinajstić information content (AvgIpc) is 3.40. The van der Waals surface area contributed by atoms with Gasteiger partial charge in [0.1, 0.15) is 0 Å². The summed E-state index contributed by atoms with van der Waals surface area (Å²) in [4.78, 5) is 6.95. The zero-order valence-electron chi connectivity index (χ0n) is 17.8. The fourth-order valence-electron chi connectivity index (χ4n) is 5.12. The first-order valence-electron chi connectivity index (χ1n) is 10.9. The molecule has 0 aliphatic carbocycles. The van der Waals surface area contributed by atoms with E-state index in [4.69, 9.17) is 9.26 Å². The summed E-state index contributed by atoms with van der Waals surface area (Å²) < 4.78 is 40.0. The number of rotatable bonds is 4. The number of aromatic nitrogens is 2. The molecule has 3 saturated heterocycles. The zero-order chi connectivity index (χ0) is 21.5. The van der Waals surface area contributed by atoms with Gasteiger partial charge in [-0.25, -0.2) is 0 Å². The molecule has 0 saturated carbocycles.